The van der Waals surface area contributed by atoms with Crippen LogP contribution in [-0.4, -0.2) is 14.5 Å². The SMILES string of the molecule is c1ccc2c(-c3cccc4c3oc3cc(-c5ccc6c(c5)c5ccccc5c5c6ccc6c7ccccc7[se]c65)ccc34)cccc2c1. The van der Waals surface area contributed by atoms with Gasteiger partial charge in [0.1, 0.15) is 0 Å². The van der Waals surface area contributed by atoms with Crippen molar-refractivity contribution in [3.05, 3.63) is 158 Å². The molecule has 0 fully saturated rings. The van der Waals surface area contributed by atoms with E-state index < -0.39 is 0 Å². The van der Waals surface area contributed by atoms with E-state index in [4.69, 9.17) is 4.42 Å². The average Bonchev–Trinajstić information content (AvgIpc) is 3.72. The molecule has 0 atom stereocenters. The van der Waals surface area contributed by atoms with Gasteiger partial charge in [-0.15, -0.1) is 0 Å². The maximum atomic E-state index is 6.74. The minimum absolute atomic E-state index is 0.289. The molecule has 0 spiro atoms. The van der Waals surface area contributed by atoms with E-state index in [1.54, 1.807) is 0 Å². The molecular weight excluding hydrogens is 647 g/mol. The summed E-state index contributed by atoms with van der Waals surface area (Å²) in [6.45, 7) is 0. The minimum atomic E-state index is 0.289. The van der Waals surface area contributed by atoms with Crippen molar-refractivity contribution in [3.63, 3.8) is 0 Å². The third-order valence-electron chi connectivity index (χ3n) is 10.3. The number of fused-ring (bicyclic) bond motifs is 14. The first kappa shape index (κ1) is 26.4. The van der Waals surface area contributed by atoms with E-state index in [0.29, 0.717) is 0 Å². The molecule has 11 aromatic rings. The van der Waals surface area contributed by atoms with Gasteiger partial charge in [0.2, 0.25) is 0 Å². The molecule has 0 radical (unpaired) electrons. The van der Waals surface area contributed by atoms with Crippen molar-refractivity contribution in [2.45, 2.75) is 0 Å². The molecule has 2 heterocycles. The maximum absolute atomic E-state index is 6.74. The monoisotopic (exact) mass is 674 g/mol. The molecule has 0 unspecified atom stereocenters. The second-order valence-corrected chi connectivity index (χ2v) is 15.0. The van der Waals surface area contributed by atoms with Gasteiger partial charge in [0.05, 0.1) is 0 Å². The normalized spacial score (nSPS) is 12.2. The number of benzene rings is 9. The topological polar surface area (TPSA) is 13.1 Å². The number of hydrogen-bond donors (Lipinski definition) is 0. The predicted molar refractivity (Wildman–Crippen MR) is 207 cm³/mol. The smallest absolute Gasteiger partial charge is 0.0178 e. The van der Waals surface area contributed by atoms with Crippen LogP contribution >= 0.6 is 0 Å². The molecule has 48 heavy (non-hydrogen) atoms. The van der Waals surface area contributed by atoms with E-state index in [9.17, 15) is 0 Å². The van der Waals surface area contributed by atoms with E-state index in [-0.39, 0.29) is 14.5 Å². The zero-order valence-corrected chi connectivity index (χ0v) is 27.5. The first-order chi connectivity index (χ1) is 23.8. The molecule has 0 amide bonds. The summed E-state index contributed by atoms with van der Waals surface area (Å²) < 4.78 is 9.73. The van der Waals surface area contributed by atoms with E-state index in [0.717, 1.165) is 33.1 Å². The molecule has 0 bridgehead atoms. The Balaban J connectivity index is 1.12. The van der Waals surface area contributed by atoms with Crippen LogP contribution in [0.5, 0.6) is 0 Å². The average molecular weight is 674 g/mol. The Morgan fingerprint density at radius 2 is 0.979 bits per heavy atom. The molecule has 2 aromatic heterocycles. The molecule has 222 valence electrons. The number of para-hydroxylation sites is 1. The van der Waals surface area contributed by atoms with Gasteiger partial charge in [0.15, 0.2) is 0 Å². The van der Waals surface area contributed by atoms with E-state index in [1.165, 1.54) is 73.5 Å². The molecule has 0 N–H and O–H groups in total. The van der Waals surface area contributed by atoms with Crippen LogP contribution in [0.15, 0.2) is 162 Å². The minimum Gasteiger partial charge on any atom is -0.0610 e. The van der Waals surface area contributed by atoms with Gasteiger partial charge < -0.3 is 0 Å². The number of rotatable bonds is 2. The Bertz CT molecular complexity index is 3100. The van der Waals surface area contributed by atoms with Gasteiger partial charge in [0, 0.05) is 5.56 Å². The fraction of sp³-hybridized carbons (Fsp3) is 0. The van der Waals surface area contributed by atoms with Crippen molar-refractivity contribution in [3.8, 4) is 22.3 Å². The van der Waals surface area contributed by atoms with Crippen molar-refractivity contribution in [2.75, 3.05) is 0 Å². The third-order valence-corrected chi connectivity index (χ3v) is 12.8. The van der Waals surface area contributed by atoms with Gasteiger partial charge in [-0.3, -0.25) is 0 Å². The first-order valence-electron chi connectivity index (χ1n) is 16.4. The van der Waals surface area contributed by atoms with Gasteiger partial charge in [-0.2, -0.15) is 0 Å². The molecule has 0 aliphatic carbocycles. The zero-order valence-electron chi connectivity index (χ0n) is 25.8. The standard InChI is InChI=1S/C46H26OSe/c1-2-11-30-27(9-1)10-7-15-31(30)38-16-8-17-39-34-22-20-29(26-42(34)47-45(38)39)28-19-21-33-37-23-24-40-35-13-5-6-18-43(35)48-46(40)44(37)36-14-4-3-12-32(36)41(33)25-28/h1-26H. The zero-order chi connectivity index (χ0) is 31.3. The second kappa shape index (κ2) is 9.92. The summed E-state index contributed by atoms with van der Waals surface area (Å²) in [5, 5.41) is 15.6. The van der Waals surface area contributed by atoms with Gasteiger partial charge in [-0.25, -0.2) is 0 Å². The van der Waals surface area contributed by atoms with Crippen molar-refractivity contribution in [2.24, 2.45) is 0 Å². The van der Waals surface area contributed by atoms with Gasteiger partial charge >= 0.3 is 201 Å². The molecule has 0 aliphatic heterocycles. The summed E-state index contributed by atoms with van der Waals surface area (Å²) in [6.07, 6.45) is 0. The van der Waals surface area contributed by atoms with Crippen molar-refractivity contribution < 1.29 is 4.42 Å². The van der Waals surface area contributed by atoms with E-state index in [2.05, 4.69) is 158 Å². The van der Waals surface area contributed by atoms with Gasteiger partial charge in [-0.05, 0) is 16.3 Å². The van der Waals surface area contributed by atoms with Crippen molar-refractivity contribution >= 4 is 98.8 Å². The van der Waals surface area contributed by atoms with Crippen LogP contribution in [0.2, 0.25) is 0 Å². The Morgan fingerprint density at radius 1 is 0.375 bits per heavy atom. The van der Waals surface area contributed by atoms with Crippen LogP contribution in [0.3, 0.4) is 0 Å². The summed E-state index contributed by atoms with van der Waals surface area (Å²) >= 11 is 0.289. The van der Waals surface area contributed by atoms with Crippen molar-refractivity contribution in [1.82, 2.24) is 0 Å². The molecular formula is C46H26OSe. The molecule has 0 saturated heterocycles. The molecule has 0 aliphatic rings. The molecule has 1 nitrogen and oxygen atoms in total. The first-order valence-corrected chi connectivity index (χ1v) is 18.1. The fourth-order valence-corrected chi connectivity index (χ4v) is 10.7. The molecule has 9 aromatic carbocycles. The Kier molecular flexibility index (Phi) is 5.46. The fourth-order valence-electron chi connectivity index (χ4n) is 8.05. The van der Waals surface area contributed by atoms with Crippen LogP contribution in [0.25, 0.3) is 107 Å². The predicted octanol–water partition coefficient (Wildman–Crippen LogP) is 12.9. The second-order valence-electron chi connectivity index (χ2n) is 12.8. The Labute approximate surface area is 282 Å². The summed E-state index contributed by atoms with van der Waals surface area (Å²) in [5.41, 5.74) is 6.53. The summed E-state index contributed by atoms with van der Waals surface area (Å²) in [5.74, 6) is 0. The van der Waals surface area contributed by atoms with Crippen LogP contribution < -0.4 is 0 Å². The largest absolute Gasteiger partial charge is 0.0610 e. The molecule has 11 rings (SSSR count). The molecule has 2 heteroatoms. The van der Waals surface area contributed by atoms with Gasteiger partial charge in [-0.1, -0.05) is 60.7 Å². The van der Waals surface area contributed by atoms with Gasteiger partial charge in [0.25, 0.3) is 0 Å². The van der Waals surface area contributed by atoms with Crippen LogP contribution in [0.4, 0.5) is 0 Å². The number of hydrogen-bond acceptors (Lipinski definition) is 1. The molecule has 0 saturated carbocycles. The van der Waals surface area contributed by atoms with Crippen LogP contribution in [-0.2, 0) is 0 Å². The summed E-state index contributed by atoms with van der Waals surface area (Å²) in [6, 6.07) is 57.9. The third kappa shape index (κ3) is 3.67. The summed E-state index contributed by atoms with van der Waals surface area (Å²) in [7, 11) is 0. The van der Waals surface area contributed by atoms with E-state index in [1.807, 2.05) is 0 Å². The van der Waals surface area contributed by atoms with Crippen molar-refractivity contribution in [1.29, 1.82) is 0 Å². The van der Waals surface area contributed by atoms with E-state index >= 15 is 0 Å². The quantitative estimate of drug-likeness (QED) is 0.131. The van der Waals surface area contributed by atoms with Crippen LogP contribution in [0.1, 0.15) is 0 Å². The Morgan fingerprint density at radius 3 is 1.90 bits per heavy atom. The number of furan rings is 1. The summed E-state index contributed by atoms with van der Waals surface area (Å²) in [4.78, 5) is 0. The maximum Gasteiger partial charge on any atom is -0.0178 e. The van der Waals surface area contributed by atoms with Crippen LogP contribution in [0, 0.1) is 0 Å². The Hall–Kier alpha value is -5.66.